The molecule has 6 aromatic rings. The van der Waals surface area contributed by atoms with Crippen molar-refractivity contribution in [3.05, 3.63) is 84.6 Å². The Morgan fingerprint density at radius 1 is 0.938 bits per heavy atom. The second-order valence-corrected chi connectivity index (χ2v) is 11.6. The highest BCUT2D eigenvalue weighted by Gasteiger charge is 2.22. The minimum atomic E-state index is 0.146. The SMILES string of the molecule is CC.CC(C)n1ncc(-c2ccc3nc(-c4cccnc4N)n(-c4ccc(CN5CCC(Nc6ccnc(C#N)n6)CC5)cc4)c3n2)n1. The van der Waals surface area contributed by atoms with E-state index in [-0.39, 0.29) is 11.9 Å². The lowest BCUT2D eigenvalue weighted by molar-refractivity contribution is 0.211. The molecule has 0 atom stereocenters. The van der Waals surface area contributed by atoms with Crippen LogP contribution in [0.2, 0.25) is 0 Å². The molecular formula is C35H39N13. The number of anilines is 2. The van der Waals surface area contributed by atoms with E-state index >= 15 is 0 Å². The maximum Gasteiger partial charge on any atom is 0.234 e. The molecular weight excluding hydrogens is 602 g/mol. The van der Waals surface area contributed by atoms with Crippen LogP contribution in [0.4, 0.5) is 11.6 Å². The van der Waals surface area contributed by atoms with Crippen LogP contribution in [0.25, 0.3) is 39.6 Å². The summed E-state index contributed by atoms with van der Waals surface area (Å²) in [4.78, 5) is 26.6. The number of imidazole rings is 1. The van der Waals surface area contributed by atoms with E-state index in [4.69, 9.17) is 21.0 Å². The lowest BCUT2D eigenvalue weighted by Gasteiger charge is -2.32. The molecule has 13 heteroatoms. The predicted molar refractivity (Wildman–Crippen MR) is 186 cm³/mol. The Kier molecular flexibility index (Phi) is 9.63. The molecule has 1 saturated heterocycles. The fraction of sp³-hybridized carbons (Fsp3) is 0.314. The second kappa shape index (κ2) is 14.4. The molecule has 0 saturated carbocycles. The zero-order valence-electron chi connectivity index (χ0n) is 27.6. The number of piperidine rings is 1. The van der Waals surface area contributed by atoms with Gasteiger partial charge in [0.05, 0.1) is 23.5 Å². The normalized spacial score (nSPS) is 13.7. The number of benzene rings is 1. The summed E-state index contributed by atoms with van der Waals surface area (Å²) in [5.74, 6) is 1.95. The number of nitrogens with zero attached hydrogens (tertiary/aromatic N) is 11. The monoisotopic (exact) mass is 641 g/mol. The van der Waals surface area contributed by atoms with E-state index in [1.54, 1.807) is 29.5 Å². The van der Waals surface area contributed by atoms with E-state index in [0.29, 0.717) is 40.5 Å². The first-order valence-electron chi connectivity index (χ1n) is 16.3. The molecule has 1 fully saturated rings. The van der Waals surface area contributed by atoms with E-state index in [1.807, 2.05) is 62.6 Å². The van der Waals surface area contributed by atoms with E-state index < -0.39 is 0 Å². The zero-order valence-corrected chi connectivity index (χ0v) is 27.6. The van der Waals surface area contributed by atoms with Crippen molar-refractivity contribution in [3.63, 3.8) is 0 Å². The van der Waals surface area contributed by atoms with Crippen LogP contribution in [0.5, 0.6) is 0 Å². The Morgan fingerprint density at radius 3 is 2.44 bits per heavy atom. The van der Waals surface area contributed by atoms with Gasteiger partial charge in [-0.3, -0.25) is 9.47 Å². The molecule has 0 spiro atoms. The Labute approximate surface area is 279 Å². The van der Waals surface area contributed by atoms with Gasteiger partial charge in [0, 0.05) is 43.8 Å². The van der Waals surface area contributed by atoms with Gasteiger partial charge in [-0.2, -0.15) is 20.3 Å². The summed E-state index contributed by atoms with van der Waals surface area (Å²) < 4.78 is 2.03. The van der Waals surface area contributed by atoms with Gasteiger partial charge in [0.2, 0.25) is 5.82 Å². The van der Waals surface area contributed by atoms with E-state index in [2.05, 4.69) is 59.6 Å². The lowest BCUT2D eigenvalue weighted by atomic mass is 10.0. The van der Waals surface area contributed by atoms with Crippen LogP contribution in [-0.2, 0) is 6.54 Å². The number of fused-ring (bicyclic) bond motifs is 1. The number of pyridine rings is 2. The van der Waals surface area contributed by atoms with Gasteiger partial charge in [0.1, 0.15) is 28.9 Å². The summed E-state index contributed by atoms with van der Waals surface area (Å²) in [5, 5.41) is 21.6. The Hall–Kier alpha value is -5.74. The number of likely N-dealkylation sites (tertiary alicyclic amines) is 1. The maximum atomic E-state index is 9.08. The van der Waals surface area contributed by atoms with Crippen LogP contribution in [0.1, 0.15) is 58.0 Å². The molecule has 13 nitrogen and oxygen atoms in total. The Morgan fingerprint density at radius 2 is 1.73 bits per heavy atom. The predicted octanol–water partition coefficient (Wildman–Crippen LogP) is 5.67. The van der Waals surface area contributed by atoms with Crippen LogP contribution in [0, 0.1) is 11.3 Å². The number of aromatic nitrogens is 9. The number of rotatable bonds is 8. The molecule has 1 aromatic carbocycles. The van der Waals surface area contributed by atoms with Crippen molar-refractivity contribution in [2.75, 3.05) is 24.1 Å². The molecule has 1 aliphatic rings. The fourth-order valence-electron chi connectivity index (χ4n) is 5.72. The third-order valence-corrected chi connectivity index (χ3v) is 8.11. The third-order valence-electron chi connectivity index (χ3n) is 8.11. The van der Waals surface area contributed by atoms with Gasteiger partial charge in [0.15, 0.2) is 11.5 Å². The van der Waals surface area contributed by atoms with Crippen LogP contribution in [-0.4, -0.2) is 68.5 Å². The van der Waals surface area contributed by atoms with Gasteiger partial charge >= 0.3 is 0 Å². The van der Waals surface area contributed by atoms with Crippen molar-refractivity contribution in [2.45, 2.75) is 59.2 Å². The smallest absolute Gasteiger partial charge is 0.234 e. The highest BCUT2D eigenvalue weighted by atomic mass is 15.5. The van der Waals surface area contributed by atoms with Gasteiger partial charge in [-0.05, 0) is 74.7 Å². The van der Waals surface area contributed by atoms with Crippen molar-refractivity contribution >= 4 is 22.8 Å². The molecule has 0 amide bonds. The number of hydrogen-bond donors (Lipinski definition) is 2. The lowest BCUT2D eigenvalue weighted by Crippen LogP contribution is -2.38. The molecule has 5 aromatic heterocycles. The second-order valence-electron chi connectivity index (χ2n) is 11.6. The molecule has 0 aliphatic carbocycles. The fourth-order valence-corrected chi connectivity index (χ4v) is 5.72. The maximum absolute atomic E-state index is 9.08. The molecule has 3 N–H and O–H groups in total. The average molecular weight is 642 g/mol. The number of nitriles is 1. The molecule has 0 unspecified atom stereocenters. The Bertz CT molecular complexity index is 2030. The molecule has 6 heterocycles. The van der Waals surface area contributed by atoms with Crippen LogP contribution in [0.3, 0.4) is 0 Å². The molecule has 0 radical (unpaired) electrons. The summed E-state index contributed by atoms with van der Waals surface area (Å²) >= 11 is 0. The van der Waals surface area contributed by atoms with Crippen molar-refractivity contribution in [1.82, 2.24) is 49.4 Å². The minimum Gasteiger partial charge on any atom is -0.383 e. The summed E-state index contributed by atoms with van der Waals surface area (Å²) in [5.41, 5.74) is 12.1. The summed E-state index contributed by atoms with van der Waals surface area (Å²) in [6.07, 6.45) is 7.00. The summed E-state index contributed by atoms with van der Waals surface area (Å²) in [6.45, 7) is 10.8. The molecule has 244 valence electrons. The van der Waals surface area contributed by atoms with E-state index in [1.165, 1.54) is 5.56 Å². The minimum absolute atomic E-state index is 0.146. The summed E-state index contributed by atoms with van der Waals surface area (Å²) in [7, 11) is 0. The molecule has 1 aliphatic heterocycles. The number of hydrogen-bond acceptors (Lipinski definition) is 11. The first-order valence-corrected chi connectivity index (χ1v) is 16.3. The first-order chi connectivity index (χ1) is 23.4. The Balaban J connectivity index is 0.00000197. The van der Waals surface area contributed by atoms with Gasteiger partial charge in [-0.25, -0.2) is 24.9 Å². The van der Waals surface area contributed by atoms with Crippen LogP contribution >= 0.6 is 0 Å². The van der Waals surface area contributed by atoms with Gasteiger partial charge < -0.3 is 11.1 Å². The molecule has 7 rings (SSSR count). The van der Waals surface area contributed by atoms with Gasteiger partial charge in [0.25, 0.3) is 0 Å². The zero-order chi connectivity index (χ0) is 33.6. The average Bonchev–Trinajstić information content (AvgIpc) is 3.77. The van der Waals surface area contributed by atoms with Crippen LogP contribution < -0.4 is 11.1 Å². The third kappa shape index (κ3) is 6.84. The highest BCUT2D eigenvalue weighted by Crippen LogP contribution is 2.32. The number of nitrogens with two attached hydrogens (primary N) is 1. The standard InChI is InChI=1S/C33H33N13.C2H6/c1-21(2)46-38-19-28(43-46)26-9-10-27-33(40-26)45(32(41-27)25-4-3-14-37-31(25)35)24-7-5-22(6-8-24)20-44-16-12-23(13-17-44)39-29-11-15-36-30(18-34)42-29;1-2/h3-11,14-15,19,21,23H,12-13,16-17,20H2,1-2H3,(H2,35,37)(H,36,39,42);1-2H3. The number of nitrogens with one attached hydrogen (secondary N) is 1. The number of nitrogen functional groups attached to an aromatic ring is 1. The van der Waals surface area contributed by atoms with Gasteiger partial charge in [-0.15, -0.1) is 0 Å². The quantitative estimate of drug-likeness (QED) is 0.210. The van der Waals surface area contributed by atoms with Crippen molar-refractivity contribution in [2.24, 2.45) is 0 Å². The van der Waals surface area contributed by atoms with Crippen molar-refractivity contribution in [1.29, 1.82) is 5.26 Å². The van der Waals surface area contributed by atoms with Crippen molar-refractivity contribution in [3.8, 4) is 34.5 Å². The largest absolute Gasteiger partial charge is 0.383 e. The topological polar surface area (TPSA) is 165 Å². The molecule has 48 heavy (non-hydrogen) atoms. The first kappa shape index (κ1) is 32.2. The summed E-state index contributed by atoms with van der Waals surface area (Å²) in [6, 6.07) is 20.4. The van der Waals surface area contributed by atoms with Gasteiger partial charge in [-0.1, -0.05) is 26.0 Å². The van der Waals surface area contributed by atoms with Crippen molar-refractivity contribution < 1.29 is 0 Å². The van der Waals surface area contributed by atoms with E-state index in [0.717, 1.165) is 49.2 Å². The van der Waals surface area contributed by atoms with E-state index in [9.17, 15) is 0 Å². The molecule has 0 bridgehead atoms. The highest BCUT2D eigenvalue weighted by molar-refractivity contribution is 5.84. The van der Waals surface area contributed by atoms with Crippen LogP contribution in [0.15, 0.2) is 73.2 Å².